The lowest BCUT2D eigenvalue weighted by atomic mass is 10.4. The summed E-state index contributed by atoms with van der Waals surface area (Å²) < 4.78 is 34.2. The van der Waals surface area contributed by atoms with Gasteiger partial charge in [-0.25, -0.2) is 4.62 Å². The van der Waals surface area contributed by atoms with Crippen molar-refractivity contribution in [2.75, 3.05) is 0 Å². The molecule has 0 heterocycles. The first-order valence-electron chi connectivity index (χ1n) is 9.51. The third kappa shape index (κ3) is 4.09. The van der Waals surface area contributed by atoms with Gasteiger partial charge in [0, 0.05) is 21.2 Å². The van der Waals surface area contributed by atoms with E-state index >= 15 is 0 Å². The zero-order chi connectivity index (χ0) is 20.9. The van der Waals surface area contributed by atoms with Gasteiger partial charge in [0.2, 0.25) is 7.29 Å². The van der Waals surface area contributed by atoms with Gasteiger partial charge in [-0.3, -0.25) is 9.13 Å². The molecule has 0 aliphatic carbocycles. The first-order valence-corrected chi connectivity index (χ1v) is 12.8. The summed E-state index contributed by atoms with van der Waals surface area (Å²) >= 11 is 0. The minimum absolute atomic E-state index is 0.524. The highest BCUT2D eigenvalue weighted by Gasteiger charge is 2.35. The van der Waals surface area contributed by atoms with E-state index in [0.29, 0.717) is 21.2 Å². The van der Waals surface area contributed by atoms with Gasteiger partial charge in [-0.1, -0.05) is 72.8 Å². The zero-order valence-electron chi connectivity index (χ0n) is 16.2. The minimum Gasteiger partial charge on any atom is -0.294 e. The smallest absolute Gasteiger partial charge is 0.277 e. The van der Waals surface area contributed by atoms with Crippen molar-refractivity contribution in [1.82, 2.24) is 5.25 Å². The number of rotatable bonds is 7. The predicted octanol–water partition coefficient (Wildman–Crippen LogP) is 4.37. The lowest BCUT2D eigenvalue weighted by Crippen LogP contribution is -2.30. The SMILES string of the molecule is O=P(NOP(=[18O])(c1ccccc1)c1ccccc1)(c1ccccc1)c1ccccc1. The van der Waals surface area contributed by atoms with Crippen LogP contribution in [0.4, 0.5) is 0 Å². The Labute approximate surface area is 176 Å². The van der Waals surface area contributed by atoms with Crippen molar-refractivity contribution in [3.05, 3.63) is 121 Å². The van der Waals surface area contributed by atoms with Crippen molar-refractivity contribution >= 4 is 35.9 Å². The normalized spacial score (nSPS) is 11.9. The van der Waals surface area contributed by atoms with Gasteiger partial charge in [-0.05, 0) is 48.5 Å². The summed E-state index contributed by atoms with van der Waals surface area (Å²) in [7, 11) is -6.95. The van der Waals surface area contributed by atoms with Crippen LogP contribution >= 0.6 is 14.7 Å². The summed E-state index contributed by atoms with van der Waals surface area (Å²) in [4.78, 5) is 0. The Morgan fingerprint density at radius 3 is 1.17 bits per heavy atom. The first-order chi connectivity index (χ1) is 14.6. The van der Waals surface area contributed by atoms with E-state index in [9.17, 15) is 9.13 Å². The predicted molar refractivity (Wildman–Crippen MR) is 124 cm³/mol. The largest absolute Gasteiger partial charge is 0.294 e. The monoisotopic (exact) mass is 435 g/mol. The Morgan fingerprint density at radius 2 is 0.833 bits per heavy atom. The van der Waals surface area contributed by atoms with Gasteiger partial charge in [-0.15, -0.1) is 5.25 Å². The molecule has 0 saturated heterocycles. The molecule has 0 aromatic heterocycles. The molecule has 4 aromatic carbocycles. The molecule has 30 heavy (non-hydrogen) atoms. The zero-order valence-corrected chi connectivity index (χ0v) is 18.0. The van der Waals surface area contributed by atoms with Crippen molar-refractivity contribution in [2.24, 2.45) is 0 Å². The maximum atomic E-state index is 14.2. The molecule has 4 nitrogen and oxygen atoms in total. The number of nitrogens with one attached hydrogen (secondary N) is 1. The van der Waals surface area contributed by atoms with Crippen LogP contribution < -0.4 is 26.5 Å². The van der Waals surface area contributed by atoms with Crippen LogP contribution in [0.5, 0.6) is 0 Å². The average Bonchev–Trinajstić information content (AvgIpc) is 2.84. The summed E-state index contributed by atoms with van der Waals surface area (Å²) in [5.74, 6) is 0. The van der Waals surface area contributed by atoms with Crippen LogP contribution in [-0.2, 0) is 13.8 Å². The molecule has 0 atom stereocenters. The van der Waals surface area contributed by atoms with E-state index in [2.05, 4.69) is 5.25 Å². The van der Waals surface area contributed by atoms with E-state index in [0.717, 1.165) is 0 Å². The van der Waals surface area contributed by atoms with Crippen LogP contribution in [0, 0.1) is 0 Å². The van der Waals surface area contributed by atoms with E-state index < -0.39 is 14.7 Å². The van der Waals surface area contributed by atoms with Crippen LogP contribution in [0.3, 0.4) is 0 Å². The lowest BCUT2D eigenvalue weighted by molar-refractivity contribution is 0.282. The van der Waals surface area contributed by atoms with Crippen molar-refractivity contribution in [3.8, 4) is 0 Å². The molecule has 1 N–H and O–H groups in total. The van der Waals surface area contributed by atoms with E-state index in [4.69, 9.17) is 4.62 Å². The molecule has 0 saturated carbocycles. The second-order valence-corrected chi connectivity index (χ2v) is 11.4. The van der Waals surface area contributed by atoms with Crippen molar-refractivity contribution < 1.29 is 13.8 Å². The van der Waals surface area contributed by atoms with E-state index in [1.165, 1.54) is 0 Å². The minimum atomic E-state index is -3.54. The third-order valence-electron chi connectivity index (χ3n) is 4.73. The summed E-state index contributed by atoms with van der Waals surface area (Å²) in [6, 6.07) is 36.1. The highest BCUT2D eigenvalue weighted by Crippen LogP contribution is 2.48. The molecule has 150 valence electrons. The summed E-state index contributed by atoms with van der Waals surface area (Å²) in [6.07, 6.45) is 0. The molecule has 0 fully saturated rings. The van der Waals surface area contributed by atoms with Crippen molar-refractivity contribution in [3.63, 3.8) is 0 Å². The van der Waals surface area contributed by atoms with Crippen LogP contribution in [0.15, 0.2) is 121 Å². The maximum Gasteiger partial charge on any atom is 0.277 e. The van der Waals surface area contributed by atoms with Gasteiger partial charge < -0.3 is 0 Å². The second kappa shape index (κ2) is 8.95. The van der Waals surface area contributed by atoms with Gasteiger partial charge >= 0.3 is 0 Å². The van der Waals surface area contributed by atoms with Crippen LogP contribution in [0.1, 0.15) is 0 Å². The molecule has 0 aliphatic heterocycles. The standard InChI is InChI=1S/C24H21NO3P2/c26-29(21-13-5-1-6-14-21,22-15-7-2-8-16-22)25-28-30(27,23-17-9-3-10-18-23)24-19-11-4-12-20-24/h1-20H,(H,25,26)/i27+2. The highest BCUT2D eigenvalue weighted by molar-refractivity contribution is 7.78. The van der Waals surface area contributed by atoms with Crippen LogP contribution in [0.2, 0.25) is 0 Å². The van der Waals surface area contributed by atoms with Gasteiger partial charge in [0.1, 0.15) is 0 Å². The molecule has 4 aromatic rings. The Bertz CT molecular complexity index is 1000. The van der Waals surface area contributed by atoms with Crippen molar-refractivity contribution in [1.29, 1.82) is 0 Å². The summed E-state index contributed by atoms with van der Waals surface area (Å²) in [6.45, 7) is 0. The first kappa shape index (κ1) is 20.5. The quantitative estimate of drug-likeness (QED) is 0.266. The number of benzene rings is 4. The maximum absolute atomic E-state index is 14.2. The van der Waals surface area contributed by atoms with Crippen LogP contribution in [-0.4, -0.2) is 0 Å². The van der Waals surface area contributed by atoms with Crippen molar-refractivity contribution in [2.45, 2.75) is 0 Å². The highest BCUT2D eigenvalue weighted by atomic mass is 31.2. The number of hydrogen-bond donors (Lipinski definition) is 1. The molecule has 4 rings (SSSR count). The summed E-state index contributed by atoms with van der Waals surface area (Å²) in [5, 5.41) is 4.95. The molecule has 0 spiro atoms. The Balaban J connectivity index is 1.78. The molecule has 0 radical (unpaired) electrons. The van der Waals surface area contributed by atoms with Gasteiger partial charge in [0.15, 0.2) is 0 Å². The molecule has 0 unspecified atom stereocenters. The third-order valence-corrected chi connectivity index (χ3v) is 9.58. The molecule has 6 heteroatoms. The van der Waals surface area contributed by atoms with Crippen LogP contribution in [0.25, 0.3) is 0 Å². The van der Waals surface area contributed by atoms with Gasteiger partial charge in [0.05, 0.1) is 0 Å². The second-order valence-electron chi connectivity index (χ2n) is 6.69. The Morgan fingerprint density at radius 1 is 0.533 bits per heavy atom. The lowest BCUT2D eigenvalue weighted by Gasteiger charge is -2.25. The average molecular weight is 435 g/mol. The Hall–Kier alpha value is -2.74. The Kier molecular flexibility index (Phi) is 6.13. The van der Waals surface area contributed by atoms with E-state index in [1.807, 2.05) is 72.8 Å². The fourth-order valence-electron chi connectivity index (χ4n) is 3.15. The fourth-order valence-corrected chi connectivity index (χ4v) is 7.40. The molecule has 0 amide bonds. The molecular formula is C24H21NO3P2. The molecular weight excluding hydrogens is 414 g/mol. The van der Waals surface area contributed by atoms with E-state index in [1.54, 1.807) is 48.5 Å². The topological polar surface area (TPSA) is 55.4 Å². The molecule has 0 bridgehead atoms. The van der Waals surface area contributed by atoms with Gasteiger partial charge in [-0.2, -0.15) is 0 Å². The van der Waals surface area contributed by atoms with Gasteiger partial charge in [0.25, 0.3) is 7.37 Å². The number of hydrogen-bond acceptors (Lipinski definition) is 3. The molecule has 0 aliphatic rings. The van der Waals surface area contributed by atoms with E-state index in [-0.39, 0.29) is 0 Å². The summed E-state index contributed by atoms with van der Waals surface area (Å²) in [5.41, 5.74) is 0. The fraction of sp³-hybridized carbons (Fsp3) is 0.